The van der Waals surface area contributed by atoms with Crippen LogP contribution in [-0.4, -0.2) is 30.1 Å². The minimum atomic E-state index is -0.579. The minimum absolute atomic E-state index is 0.117. The number of alkyl carbamates (subject to hydrolysis) is 1. The second-order valence-electron chi connectivity index (χ2n) is 7.12. The molecule has 3 amide bonds. The Bertz CT molecular complexity index is 812. The van der Waals surface area contributed by atoms with E-state index in [1.807, 2.05) is 6.07 Å². The maximum atomic E-state index is 12.1. The van der Waals surface area contributed by atoms with Crippen LogP contribution in [0, 0.1) is 0 Å². The molecule has 0 radical (unpaired) electrons. The third-order valence-electron chi connectivity index (χ3n) is 3.48. The fraction of sp³-hybridized carbons (Fsp3) is 0.286. The summed E-state index contributed by atoms with van der Waals surface area (Å²) in [5.74, 6) is -0.442. The van der Waals surface area contributed by atoms with E-state index in [4.69, 9.17) is 4.74 Å². The topological polar surface area (TPSA) is 96.5 Å². The predicted molar refractivity (Wildman–Crippen MR) is 108 cm³/mol. The molecular formula is C21H25N3O4. The molecule has 0 saturated heterocycles. The van der Waals surface area contributed by atoms with Crippen LogP contribution in [-0.2, 0) is 9.53 Å². The summed E-state index contributed by atoms with van der Waals surface area (Å²) in [4.78, 5) is 35.6. The average molecular weight is 383 g/mol. The minimum Gasteiger partial charge on any atom is -0.444 e. The van der Waals surface area contributed by atoms with Crippen LogP contribution in [0.3, 0.4) is 0 Å². The molecule has 2 aromatic rings. The Labute approximate surface area is 164 Å². The van der Waals surface area contributed by atoms with Crippen LogP contribution in [0.1, 0.15) is 37.6 Å². The van der Waals surface area contributed by atoms with Gasteiger partial charge < -0.3 is 20.7 Å². The highest BCUT2D eigenvalue weighted by Crippen LogP contribution is 2.15. The van der Waals surface area contributed by atoms with Crippen molar-refractivity contribution in [3.8, 4) is 0 Å². The Morgan fingerprint density at radius 3 is 2.00 bits per heavy atom. The molecular weight excluding hydrogens is 358 g/mol. The van der Waals surface area contributed by atoms with Crippen molar-refractivity contribution in [2.75, 3.05) is 17.2 Å². The molecule has 3 N–H and O–H groups in total. The Balaban J connectivity index is 1.76. The molecule has 0 atom stereocenters. The first kappa shape index (κ1) is 21.0. The van der Waals surface area contributed by atoms with Crippen molar-refractivity contribution in [2.24, 2.45) is 0 Å². The smallest absolute Gasteiger partial charge is 0.407 e. The number of nitrogens with one attached hydrogen (secondary N) is 3. The van der Waals surface area contributed by atoms with Gasteiger partial charge in [0, 0.05) is 29.9 Å². The van der Waals surface area contributed by atoms with Crippen molar-refractivity contribution in [2.45, 2.75) is 32.8 Å². The van der Waals surface area contributed by atoms with Crippen molar-refractivity contribution in [1.29, 1.82) is 0 Å². The average Bonchev–Trinajstić information content (AvgIpc) is 2.62. The highest BCUT2D eigenvalue weighted by molar-refractivity contribution is 6.04. The second kappa shape index (κ2) is 9.55. The number of rotatable bonds is 6. The Hall–Kier alpha value is -3.35. The van der Waals surface area contributed by atoms with Crippen LogP contribution >= 0.6 is 0 Å². The molecule has 0 aromatic heterocycles. The van der Waals surface area contributed by atoms with Gasteiger partial charge in [0.15, 0.2) is 0 Å². The van der Waals surface area contributed by atoms with Crippen molar-refractivity contribution in [3.63, 3.8) is 0 Å². The largest absolute Gasteiger partial charge is 0.444 e. The lowest BCUT2D eigenvalue weighted by atomic mass is 10.2. The summed E-state index contributed by atoms with van der Waals surface area (Å²) in [5, 5.41) is 8.06. The first-order valence-electron chi connectivity index (χ1n) is 8.96. The molecule has 2 rings (SSSR count). The normalized spacial score (nSPS) is 10.7. The van der Waals surface area contributed by atoms with E-state index in [1.165, 1.54) is 0 Å². The van der Waals surface area contributed by atoms with Gasteiger partial charge in [-0.2, -0.15) is 0 Å². The van der Waals surface area contributed by atoms with Gasteiger partial charge in [-0.1, -0.05) is 18.2 Å². The number of carbonyl (C=O) groups is 3. The zero-order valence-corrected chi connectivity index (χ0v) is 16.2. The summed E-state index contributed by atoms with van der Waals surface area (Å²) in [7, 11) is 0. The fourth-order valence-corrected chi connectivity index (χ4v) is 2.25. The number of anilines is 2. The second-order valence-corrected chi connectivity index (χ2v) is 7.12. The first-order valence-corrected chi connectivity index (χ1v) is 8.96. The van der Waals surface area contributed by atoms with Gasteiger partial charge in [-0.05, 0) is 57.2 Å². The Morgan fingerprint density at radius 2 is 1.43 bits per heavy atom. The fourth-order valence-electron chi connectivity index (χ4n) is 2.25. The molecule has 0 bridgehead atoms. The van der Waals surface area contributed by atoms with Crippen LogP contribution in [0.5, 0.6) is 0 Å². The van der Waals surface area contributed by atoms with E-state index in [9.17, 15) is 14.4 Å². The van der Waals surface area contributed by atoms with Crippen LogP contribution < -0.4 is 16.0 Å². The maximum absolute atomic E-state index is 12.1. The molecule has 148 valence electrons. The monoisotopic (exact) mass is 383 g/mol. The van der Waals surface area contributed by atoms with Gasteiger partial charge in [-0.15, -0.1) is 0 Å². The number of ether oxygens (including phenoxy) is 1. The third kappa shape index (κ3) is 7.49. The van der Waals surface area contributed by atoms with Crippen molar-refractivity contribution >= 4 is 29.3 Å². The lowest BCUT2D eigenvalue weighted by Crippen LogP contribution is -2.34. The number of benzene rings is 2. The number of hydrogen-bond donors (Lipinski definition) is 3. The molecule has 0 saturated carbocycles. The highest BCUT2D eigenvalue weighted by atomic mass is 16.6. The number of hydrogen-bond acceptors (Lipinski definition) is 4. The summed E-state index contributed by atoms with van der Waals surface area (Å²) >= 11 is 0. The van der Waals surface area contributed by atoms with Crippen molar-refractivity contribution < 1.29 is 19.1 Å². The molecule has 7 nitrogen and oxygen atoms in total. The molecule has 0 aliphatic heterocycles. The molecule has 0 fully saturated rings. The van der Waals surface area contributed by atoms with Crippen LogP contribution in [0.25, 0.3) is 0 Å². The summed E-state index contributed by atoms with van der Waals surface area (Å²) in [6, 6.07) is 15.7. The quantitative estimate of drug-likeness (QED) is 0.707. The van der Waals surface area contributed by atoms with Gasteiger partial charge in [0.2, 0.25) is 5.91 Å². The van der Waals surface area contributed by atoms with Gasteiger partial charge in [-0.25, -0.2) is 4.79 Å². The first-order chi connectivity index (χ1) is 13.2. The van der Waals surface area contributed by atoms with E-state index in [2.05, 4.69) is 16.0 Å². The zero-order valence-electron chi connectivity index (χ0n) is 16.2. The van der Waals surface area contributed by atoms with Crippen LogP contribution in [0.2, 0.25) is 0 Å². The van der Waals surface area contributed by atoms with Gasteiger partial charge in [0.1, 0.15) is 5.60 Å². The Kier molecular flexibility index (Phi) is 7.14. The summed E-state index contributed by atoms with van der Waals surface area (Å²) in [6.07, 6.45) is -0.440. The summed E-state index contributed by atoms with van der Waals surface area (Å²) in [5.41, 5.74) is 1.21. The molecule has 2 aromatic carbocycles. The number of carbonyl (C=O) groups excluding carboxylic acids is 3. The van der Waals surface area contributed by atoms with Gasteiger partial charge in [0.05, 0.1) is 0 Å². The summed E-state index contributed by atoms with van der Waals surface area (Å²) in [6.45, 7) is 5.48. The molecule has 0 spiro atoms. The molecule has 7 heteroatoms. The van der Waals surface area contributed by atoms with E-state index >= 15 is 0 Å². The molecule has 0 aliphatic rings. The van der Waals surface area contributed by atoms with E-state index in [0.717, 1.165) is 0 Å². The van der Waals surface area contributed by atoms with Crippen LogP contribution in [0.15, 0.2) is 54.6 Å². The van der Waals surface area contributed by atoms with E-state index in [0.29, 0.717) is 16.9 Å². The third-order valence-corrected chi connectivity index (χ3v) is 3.48. The van der Waals surface area contributed by atoms with E-state index in [1.54, 1.807) is 69.3 Å². The summed E-state index contributed by atoms with van der Waals surface area (Å²) < 4.78 is 5.10. The Morgan fingerprint density at radius 1 is 0.857 bits per heavy atom. The van der Waals surface area contributed by atoms with Crippen molar-refractivity contribution in [1.82, 2.24) is 5.32 Å². The predicted octanol–water partition coefficient (Wildman–Crippen LogP) is 3.79. The van der Waals surface area contributed by atoms with Gasteiger partial charge in [0.25, 0.3) is 5.91 Å². The zero-order chi connectivity index (χ0) is 20.6. The molecule has 28 heavy (non-hydrogen) atoms. The van der Waals surface area contributed by atoms with Crippen molar-refractivity contribution in [3.05, 3.63) is 60.2 Å². The van der Waals surface area contributed by atoms with E-state index in [-0.39, 0.29) is 24.8 Å². The SMILES string of the molecule is CC(C)(C)OC(=O)NCCC(=O)Nc1ccc(NC(=O)c2ccccc2)cc1. The molecule has 0 aliphatic carbocycles. The number of amides is 3. The molecule has 0 unspecified atom stereocenters. The lowest BCUT2D eigenvalue weighted by molar-refractivity contribution is -0.116. The molecule has 0 heterocycles. The maximum Gasteiger partial charge on any atom is 0.407 e. The highest BCUT2D eigenvalue weighted by Gasteiger charge is 2.15. The van der Waals surface area contributed by atoms with Crippen LogP contribution in [0.4, 0.5) is 16.2 Å². The van der Waals surface area contributed by atoms with Gasteiger partial charge in [-0.3, -0.25) is 9.59 Å². The lowest BCUT2D eigenvalue weighted by Gasteiger charge is -2.19. The van der Waals surface area contributed by atoms with Gasteiger partial charge >= 0.3 is 6.09 Å². The standard InChI is InChI=1S/C21H25N3O4/c1-21(2,3)28-20(27)22-14-13-18(25)23-16-9-11-17(12-10-16)24-19(26)15-7-5-4-6-8-15/h4-12H,13-14H2,1-3H3,(H,22,27)(H,23,25)(H,24,26). The van der Waals surface area contributed by atoms with E-state index < -0.39 is 11.7 Å².